The molecule has 0 aliphatic carbocycles. The van der Waals surface area contributed by atoms with Crippen LogP contribution in [-0.2, 0) is 16.2 Å². The van der Waals surface area contributed by atoms with Gasteiger partial charge in [-0.25, -0.2) is 8.42 Å². The van der Waals surface area contributed by atoms with E-state index in [1.165, 1.54) is 4.31 Å². The molecule has 1 aromatic rings. The van der Waals surface area contributed by atoms with Gasteiger partial charge >= 0.3 is 6.18 Å². The van der Waals surface area contributed by atoms with Crippen LogP contribution in [-0.4, -0.2) is 36.8 Å². The quantitative estimate of drug-likeness (QED) is 0.910. The van der Waals surface area contributed by atoms with Crippen LogP contribution in [0.25, 0.3) is 0 Å². The second-order valence-corrected chi connectivity index (χ2v) is 6.41. The lowest BCUT2D eigenvalue weighted by molar-refractivity contribution is -0.141. The van der Waals surface area contributed by atoms with Crippen LogP contribution in [0, 0.1) is 0 Å². The van der Waals surface area contributed by atoms with Gasteiger partial charge in [0.25, 0.3) is 0 Å². The summed E-state index contributed by atoms with van der Waals surface area (Å²) in [5.41, 5.74) is 4.39. The molecule has 0 saturated carbocycles. The summed E-state index contributed by atoms with van der Waals surface area (Å²) in [6.07, 6.45) is -2.50. The van der Waals surface area contributed by atoms with Gasteiger partial charge in [0.2, 0.25) is 10.0 Å². The Hall–Kier alpha value is -1.19. The molecule has 0 radical (unpaired) electrons. The lowest BCUT2D eigenvalue weighted by Gasteiger charge is -2.22. The fraction of sp³-hybridized carbons (Fsp3) is 0.545. The van der Waals surface area contributed by atoms with Crippen molar-refractivity contribution in [1.29, 1.82) is 0 Å². The molecule has 2 heterocycles. The van der Waals surface area contributed by atoms with Gasteiger partial charge in [0.05, 0.1) is 0 Å². The second kappa shape index (κ2) is 5.30. The second-order valence-electron chi connectivity index (χ2n) is 4.52. The number of aromatic nitrogens is 1. The average Bonchev–Trinajstić information content (AvgIpc) is 2.87. The van der Waals surface area contributed by atoms with E-state index >= 15 is 0 Å². The highest BCUT2D eigenvalue weighted by atomic mass is 32.2. The van der Waals surface area contributed by atoms with E-state index in [2.05, 4.69) is 4.98 Å². The van der Waals surface area contributed by atoms with Crippen LogP contribution < -0.4 is 5.73 Å². The zero-order valence-electron chi connectivity index (χ0n) is 10.5. The van der Waals surface area contributed by atoms with Gasteiger partial charge in [0, 0.05) is 25.3 Å². The third-order valence-electron chi connectivity index (χ3n) is 3.23. The first-order valence-corrected chi connectivity index (χ1v) is 7.46. The third kappa shape index (κ3) is 2.79. The molecule has 0 bridgehead atoms. The summed E-state index contributed by atoms with van der Waals surface area (Å²) in [5, 5.41) is 0. The van der Waals surface area contributed by atoms with Crippen molar-refractivity contribution < 1.29 is 21.6 Å². The van der Waals surface area contributed by atoms with Gasteiger partial charge in [0.1, 0.15) is 10.6 Å². The molecule has 0 spiro atoms. The Morgan fingerprint density at radius 2 is 2.10 bits per heavy atom. The van der Waals surface area contributed by atoms with Crippen LogP contribution in [0.2, 0.25) is 0 Å². The fourth-order valence-electron chi connectivity index (χ4n) is 2.20. The summed E-state index contributed by atoms with van der Waals surface area (Å²) in [7, 11) is -3.84. The van der Waals surface area contributed by atoms with Gasteiger partial charge in [-0.15, -0.1) is 0 Å². The fourth-order valence-corrected chi connectivity index (χ4v) is 3.85. The number of pyridine rings is 1. The Bertz CT molecular complexity index is 572. The van der Waals surface area contributed by atoms with Crippen molar-refractivity contribution in [3.8, 4) is 0 Å². The van der Waals surface area contributed by atoms with E-state index in [1.807, 2.05) is 0 Å². The van der Waals surface area contributed by atoms with E-state index in [9.17, 15) is 21.6 Å². The highest BCUT2D eigenvalue weighted by Gasteiger charge is 2.36. The Balaban J connectivity index is 2.31. The summed E-state index contributed by atoms with van der Waals surface area (Å²) < 4.78 is 63.0. The number of rotatable bonds is 3. The van der Waals surface area contributed by atoms with Gasteiger partial charge in [-0.05, 0) is 25.0 Å². The minimum atomic E-state index is -4.59. The monoisotopic (exact) mass is 309 g/mol. The first kappa shape index (κ1) is 15.2. The van der Waals surface area contributed by atoms with Crippen molar-refractivity contribution in [2.75, 3.05) is 13.1 Å². The molecule has 20 heavy (non-hydrogen) atoms. The smallest absolute Gasteiger partial charge is 0.329 e. The van der Waals surface area contributed by atoms with Crippen molar-refractivity contribution in [1.82, 2.24) is 9.29 Å². The van der Waals surface area contributed by atoms with E-state index in [1.54, 1.807) is 0 Å². The maximum atomic E-state index is 12.4. The highest BCUT2D eigenvalue weighted by Crippen LogP contribution is 2.29. The summed E-state index contributed by atoms with van der Waals surface area (Å²) in [4.78, 5) is 2.93. The SMILES string of the molecule is NCC1CCCN1S(=O)(=O)c1ccc(C(F)(F)F)nc1. The van der Waals surface area contributed by atoms with Gasteiger partial charge in [-0.3, -0.25) is 4.98 Å². The van der Waals surface area contributed by atoms with E-state index in [4.69, 9.17) is 5.73 Å². The van der Waals surface area contributed by atoms with E-state index in [0.29, 0.717) is 25.5 Å². The molecular weight excluding hydrogens is 295 g/mol. The zero-order valence-corrected chi connectivity index (χ0v) is 11.3. The summed E-state index contributed by atoms with van der Waals surface area (Å²) >= 11 is 0. The molecule has 1 atom stereocenters. The maximum absolute atomic E-state index is 12.4. The summed E-state index contributed by atoms with van der Waals surface area (Å²) in [5.74, 6) is 0. The molecule has 1 aliphatic heterocycles. The number of hydrogen-bond donors (Lipinski definition) is 1. The van der Waals surface area contributed by atoms with Gasteiger partial charge in [-0.2, -0.15) is 17.5 Å². The summed E-state index contributed by atoms with van der Waals surface area (Å²) in [6.45, 7) is 0.512. The molecule has 5 nitrogen and oxygen atoms in total. The zero-order chi connectivity index (χ0) is 15.0. The van der Waals surface area contributed by atoms with Gasteiger partial charge in [-0.1, -0.05) is 0 Å². The van der Waals surface area contributed by atoms with Gasteiger partial charge < -0.3 is 5.73 Å². The Morgan fingerprint density at radius 3 is 2.60 bits per heavy atom. The van der Waals surface area contributed by atoms with Crippen LogP contribution in [0.15, 0.2) is 23.2 Å². The minimum absolute atomic E-state index is 0.188. The molecule has 0 amide bonds. The van der Waals surface area contributed by atoms with Gasteiger partial charge in [0.15, 0.2) is 0 Å². The van der Waals surface area contributed by atoms with Crippen LogP contribution in [0.5, 0.6) is 0 Å². The first-order valence-electron chi connectivity index (χ1n) is 6.02. The molecule has 9 heteroatoms. The van der Waals surface area contributed by atoms with Crippen LogP contribution in [0.3, 0.4) is 0 Å². The number of alkyl halides is 3. The van der Waals surface area contributed by atoms with Crippen LogP contribution in [0.1, 0.15) is 18.5 Å². The number of hydrogen-bond acceptors (Lipinski definition) is 4. The normalized spacial score (nSPS) is 21.3. The van der Waals surface area contributed by atoms with E-state index in [0.717, 1.165) is 12.3 Å². The summed E-state index contributed by atoms with van der Waals surface area (Å²) in [6, 6.07) is 1.29. The Morgan fingerprint density at radius 1 is 1.40 bits per heavy atom. The maximum Gasteiger partial charge on any atom is 0.433 e. The lowest BCUT2D eigenvalue weighted by Crippen LogP contribution is -2.39. The molecule has 1 unspecified atom stereocenters. The van der Waals surface area contributed by atoms with Crippen molar-refractivity contribution in [3.63, 3.8) is 0 Å². The van der Waals surface area contributed by atoms with Crippen LogP contribution >= 0.6 is 0 Å². The lowest BCUT2D eigenvalue weighted by atomic mass is 10.2. The van der Waals surface area contributed by atoms with Crippen LogP contribution in [0.4, 0.5) is 13.2 Å². The standard InChI is InChI=1S/C11H14F3N3O2S/c12-11(13,14)10-4-3-9(7-16-10)20(18,19)17-5-1-2-8(17)6-15/h3-4,7-8H,1-2,5-6,15H2. The number of sulfonamides is 1. The Kier molecular flexibility index (Phi) is 4.03. The van der Waals surface area contributed by atoms with Crippen molar-refractivity contribution >= 4 is 10.0 Å². The third-order valence-corrected chi connectivity index (χ3v) is 5.16. The van der Waals surface area contributed by atoms with E-state index in [-0.39, 0.29) is 17.5 Å². The number of nitrogens with two attached hydrogens (primary N) is 1. The first-order chi connectivity index (χ1) is 9.26. The molecule has 0 aromatic carbocycles. The predicted octanol–water partition coefficient (Wildman–Crippen LogP) is 1.21. The average molecular weight is 309 g/mol. The number of nitrogens with zero attached hydrogens (tertiary/aromatic N) is 2. The largest absolute Gasteiger partial charge is 0.433 e. The highest BCUT2D eigenvalue weighted by molar-refractivity contribution is 7.89. The molecule has 1 fully saturated rings. The molecule has 2 N–H and O–H groups in total. The topological polar surface area (TPSA) is 76.3 Å². The minimum Gasteiger partial charge on any atom is -0.329 e. The van der Waals surface area contributed by atoms with Crippen molar-refractivity contribution in [2.45, 2.75) is 30.0 Å². The molecule has 1 saturated heterocycles. The predicted molar refractivity (Wildman–Crippen MR) is 65.2 cm³/mol. The molecule has 1 aromatic heterocycles. The number of halogens is 3. The van der Waals surface area contributed by atoms with E-state index < -0.39 is 21.9 Å². The van der Waals surface area contributed by atoms with Crippen molar-refractivity contribution in [3.05, 3.63) is 24.0 Å². The molecule has 1 aliphatic rings. The van der Waals surface area contributed by atoms with Crippen molar-refractivity contribution in [2.24, 2.45) is 5.73 Å². The Labute approximate surface area is 114 Å². The molecular formula is C11H14F3N3O2S. The molecule has 112 valence electrons. The molecule has 2 rings (SSSR count).